The highest BCUT2D eigenvalue weighted by Gasteiger charge is 2.24. The number of carbonyl (C=O) groups is 2. The molecule has 1 aliphatic heterocycles. The van der Waals surface area contributed by atoms with Crippen LogP contribution in [0.1, 0.15) is 23.2 Å². The molecule has 0 unspecified atom stereocenters. The topological polar surface area (TPSA) is 103 Å². The van der Waals surface area contributed by atoms with Gasteiger partial charge in [-0.3, -0.25) is 24.0 Å². The SMILES string of the molecule is COCCCNC(=O)CN1CCN(CC(=O)Nc2c(C#N)c(C)c(C)n2-c2cccc(F)c2)CC1. The number of hydrogen-bond donors (Lipinski definition) is 2. The van der Waals surface area contributed by atoms with E-state index in [1.54, 1.807) is 23.8 Å². The normalized spacial score (nSPS) is 14.5. The van der Waals surface area contributed by atoms with Gasteiger partial charge in [0.25, 0.3) is 0 Å². The molecule has 2 aromatic rings. The summed E-state index contributed by atoms with van der Waals surface area (Å²) in [5.74, 6) is -0.311. The summed E-state index contributed by atoms with van der Waals surface area (Å²) < 4.78 is 20.6. The number of ether oxygens (including phenoxy) is 1. The summed E-state index contributed by atoms with van der Waals surface area (Å²) in [6, 6.07) is 8.22. The Hall–Kier alpha value is -3.26. The zero-order valence-corrected chi connectivity index (χ0v) is 20.6. The first-order valence-corrected chi connectivity index (χ1v) is 11.7. The van der Waals surface area contributed by atoms with Gasteiger partial charge in [0, 0.05) is 52.1 Å². The number of methoxy groups -OCH3 is 1. The average molecular weight is 485 g/mol. The lowest BCUT2D eigenvalue weighted by Crippen LogP contribution is -2.51. The molecule has 1 fully saturated rings. The van der Waals surface area contributed by atoms with Gasteiger partial charge in [0.1, 0.15) is 17.7 Å². The van der Waals surface area contributed by atoms with Gasteiger partial charge in [-0.15, -0.1) is 0 Å². The van der Waals surface area contributed by atoms with Crippen molar-refractivity contribution in [1.82, 2.24) is 19.7 Å². The van der Waals surface area contributed by atoms with Gasteiger partial charge in [-0.05, 0) is 44.0 Å². The Morgan fingerprint density at radius 1 is 1.11 bits per heavy atom. The van der Waals surface area contributed by atoms with Crippen LogP contribution in [0.25, 0.3) is 5.69 Å². The molecule has 0 radical (unpaired) electrons. The van der Waals surface area contributed by atoms with E-state index in [9.17, 15) is 19.2 Å². The van der Waals surface area contributed by atoms with Gasteiger partial charge in [-0.1, -0.05) is 6.07 Å². The molecule has 188 valence electrons. The quantitative estimate of drug-likeness (QED) is 0.499. The maximum absolute atomic E-state index is 13.9. The van der Waals surface area contributed by atoms with E-state index in [-0.39, 0.29) is 18.4 Å². The third kappa shape index (κ3) is 6.88. The van der Waals surface area contributed by atoms with Crippen LogP contribution in [-0.4, -0.2) is 85.7 Å². The second kappa shape index (κ2) is 12.4. The predicted molar refractivity (Wildman–Crippen MR) is 131 cm³/mol. The number of anilines is 1. The highest BCUT2D eigenvalue weighted by Crippen LogP contribution is 2.30. The average Bonchev–Trinajstić information content (AvgIpc) is 3.06. The van der Waals surface area contributed by atoms with Crippen molar-refractivity contribution in [1.29, 1.82) is 5.26 Å². The Labute approximate surface area is 205 Å². The van der Waals surface area contributed by atoms with Crippen molar-refractivity contribution in [2.24, 2.45) is 0 Å². The van der Waals surface area contributed by atoms with Crippen molar-refractivity contribution in [3.63, 3.8) is 0 Å². The molecular formula is C25H33FN6O3. The van der Waals surface area contributed by atoms with Crippen molar-refractivity contribution < 1.29 is 18.7 Å². The van der Waals surface area contributed by atoms with Gasteiger partial charge in [0.2, 0.25) is 11.8 Å². The summed E-state index contributed by atoms with van der Waals surface area (Å²) in [5.41, 5.74) is 2.40. The van der Waals surface area contributed by atoms with E-state index < -0.39 is 5.82 Å². The summed E-state index contributed by atoms with van der Waals surface area (Å²) in [7, 11) is 1.63. The van der Waals surface area contributed by atoms with Crippen LogP contribution in [0, 0.1) is 31.0 Å². The zero-order chi connectivity index (χ0) is 25.4. The van der Waals surface area contributed by atoms with Gasteiger partial charge in [-0.2, -0.15) is 5.26 Å². The number of nitrogens with zero attached hydrogens (tertiary/aromatic N) is 4. The van der Waals surface area contributed by atoms with Crippen LogP contribution in [0.15, 0.2) is 24.3 Å². The number of nitriles is 1. The largest absolute Gasteiger partial charge is 0.385 e. The molecule has 3 rings (SSSR count). The van der Waals surface area contributed by atoms with Crippen LogP contribution in [0.5, 0.6) is 0 Å². The smallest absolute Gasteiger partial charge is 0.239 e. The van der Waals surface area contributed by atoms with Gasteiger partial charge in [0.15, 0.2) is 0 Å². The number of nitrogens with one attached hydrogen (secondary N) is 2. The van der Waals surface area contributed by atoms with Crippen molar-refractivity contribution in [2.75, 3.05) is 64.8 Å². The highest BCUT2D eigenvalue weighted by molar-refractivity contribution is 5.93. The molecule has 2 heterocycles. The van der Waals surface area contributed by atoms with E-state index in [1.807, 2.05) is 18.7 Å². The molecule has 2 N–H and O–H groups in total. The Kier molecular flexibility index (Phi) is 9.37. The standard InChI is InChI=1S/C25H33FN6O3/c1-18-19(2)32(21-7-4-6-20(26)14-21)25(22(18)15-27)29-24(34)17-31-11-9-30(10-12-31)16-23(33)28-8-5-13-35-3/h4,6-7,14H,5,8-13,16-17H2,1-3H3,(H,28,33)(H,29,34). The molecule has 1 aliphatic rings. The fourth-order valence-electron chi connectivity index (χ4n) is 4.18. The number of halogens is 1. The van der Waals surface area contributed by atoms with Crippen LogP contribution in [0.2, 0.25) is 0 Å². The van der Waals surface area contributed by atoms with Gasteiger partial charge < -0.3 is 15.4 Å². The summed E-state index contributed by atoms with van der Waals surface area (Å²) in [4.78, 5) is 29.1. The number of hydrogen-bond acceptors (Lipinski definition) is 6. The molecule has 0 bridgehead atoms. The molecule has 0 aliphatic carbocycles. The summed E-state index contributed by atoms with van der Waals surface area (Å²) in [6.07, 6.45) is 0.778. The van der Waals surface area contributed by atoms with Crippen molar-refractivity contribution in [3.05, 3.63) is 46.9 Å². The van der Waals surface area contributed by atoms with Crippen molar-refractivity contribution in [3.8, 4) is 11.8 Å². The molecule has 9 nitrogen and oxygen atoms in total. The number of carbonyl (C=O) groups excluding carboxylic acids is 2. The van der Waals surface area contributed by atoms with Gasteiger partial charge >= 0.3 is 0 Å². The van der Waals surface area contributed by atoms with Crippen molar-refractivity contribution in [2.45, 2.75) is 20.3 Å². The molecule has 0 atom stereocenters. The molecule has 1 aromatic carbocycles. The molecule has 0 saturated carbocycles. The number of piperazine rings is 1. The minimum absolute atomic E-state index is 0.0137. The van der Waals surface area contributed by atoms with Crippen LogP contribution in [0.3, 0.4) is 0 Å². The fourth-order valence-corrected chi connectivity index (χ4v) is 4.18. The lowest BCUT2D eigenvalue weighted by Gasteiger charge is -2.33. The third-order valence-electron chi connectivity index (χ3n) is 6.20. The Morgan fingerprint density at radius 2 is 1.77 bits per heavy atom. The maximum Gasteiger partial charge on any atom is 0.239 e. The third-order valence-corrected chi connectivity index (χ3v) is 6.20. The first kappa shape index (κ1) is 26.3. The summed E-state index contributed by atoms with van der Waals surface area (Å²) >= 11 is 0. The fraction of sp³-hybridized carbons (Fsp3) is 0.480. The second-order valence-electron chi connectivity index (χ2n) is 8.66. The van der Waals surface area contributed by atoms with E-state index in [0.29, 0.717) is 62.9 Å². The molecule has 1 saturated heterocycles. The Morgan fingerprint density at radius 3 is 2.37 bits per heavy atom. The second-order valence-corrected chi connectivity index (χ2v) is 8.66. The van der Waals surface area contributed by atoms with E-state index in [4.69, 9.17) is 4.74 Å². The summed E-state index contributed by atoms with van der Waals surface area (Å²) in [5, 5.41) is 15.5. The van der Waals surface area contributed by atoms with E-state index >= 15 is 0 Å². The van der Waals surface area contributed by atoms with Crippen molar-refractivity contribution >= 4 is 17.6 Å². The van der Waals surface area contributed by atoms with Gasteiger partial charge in [0.05, 0.1) is 24.3 Å². The number of aromatic nitrogens is 1. The van der Waals surface area contributed by atoms with E-state index in [2.05, 4.69) is 21.6 Å². The van der Waals surface area contributed by atoms with Crippen LogP contribution >= 0.6 is 0 Å². The minimum atomic E-state index is -0.398. The van der Waals surface area contributed by atoms with E-state index in [1.165, 1.54) is 12.1 Å². The molecule has 0 spiro atoms. The zero-order valence-electron chi connectivity index (χ0n) is 20.6. The minimum Gasteiger partial charge on any atom is -0.385 e. The predicted octanol–water partition coefficient (Wildman–Crippen LogP) is 1.81. The lowest BCUT2D eigenvalue weighted by atomic mass is 10.2. The summed E-state index contributed by atoms with van der Waals surface area (Å²) in [6.45, 7) is 8.01. The molecule has 10 heteroatoms. The molecule has 2 amide bonds. The Bertz CT molecular complexity index is 1090. The monoisotopic (exact) mass is 484 g/mol. The molecule has 1 aromatic heterocycles. The Balaban J connectivity index is 1.58. The number of rotatable bonds is 10. The van der Waals surface area contributed by atoms with Crippen LogP contribution < -0.4 is 10.6 Å². The van der Waals surface area contributed by atoms with Crippen LogP contribution in [0.4, 0.5) is 10.2 Å². The molecular weight excluding hydrogens is 451 g/mol. The number of benzene rings is 1. The van der Waals surface area contributed by atoms with Crippen LogP contribution in [-0.2, 0) is 14.3 Å². The first-order chi connectivity index (χ1) is 16.8. The molecule has 35 heavy (non-hydrogen) atoms. The highest BCUT2D eigenvalue weighted by atomic mass is 19.1. The van der Waals surface area contributed by atoms with Gasteiger partial charge in [-0.25, -0.2) is 4.39 Å². The maximum atomic E-state index is 13.9. The lowest BCUT2D eigenvalue weighted by molar-refractivity contribution is -0.123. The first-order valence-electron chi connectivity index (χ1n) is 11.7. The number of amides is 2. The van der Waals surface area contributed by atoms with E-state index in [0.717, 1.165) is 17.7 Å².